The molecule has 0 fully saturated rings. The van der Waals surface area contributed by atoms with Crippen molar-refractivity contribution in [3.05, 3.63) is 51.7 Å². The predicted molar refractivity (Wildman–Crippen MR) is 78.0 cm³/mol. The van der Waals surface area contributed by atoms with E-state index in [4.69, 9.17) is 5.73 Å². The highest BCUT2D eigenvalue weighted by atomic mass is 79.9. The van der Waals surface area contributed by atoms with E-state index in [2.05, 4.69) is 21.2 Å². The Morgan fingerprint density at radius 2 is 1.81 bits per heavy atom. The lowest BCUT2D eigenvalue weighted by molar-refractivity contribution is -0.138. The van der Waals surface area contributed by atoms with Crippen molar-refractivity contribution in [2.45, 2.75) is 13.1 Å². The molecular weight excluding hydrogens is 352 g/mol. The molecule has 0 aliphatic rings. The molecule has 112 valence electrons. The number of anilines is 3. The maximum absolute atomic E-state index is 13.3. The Bertz CT molecular complexity index is 683. The van der Waals surface area contributed by atoms with Gasteiger partial charge in [-0.05, 0) is 42.8 Å². The lowest BCUT2D eigenvalue weighted by Gasteiger charge is -2.14. The van der Waals surface area contributed by atoms with E-state index in [0.29, 0.717) is 11.3 Å². The zero-order valence-electron chi connectivity index (χ0n) is 10.9. The van der Waals surface area contributed by atoms with Crippen LogP contribution in [0.3, 0.4) is 0 Å². The molecule has 2 rings (SSSR count). The molecule has 0 spiro atoms. The van der Waals surface area contributed by atoms with Gasteiger partial charge in [-0.1, -0.05) is 15.9 Å². The molecule has 0 heterocycles. The second-order valence-corrected chi connectivity index (χ2v) is 5.36. The van der Waals surface area contributed by atoms with Gasteiger partial charge >= 0.3 is 6.18 Å². The fourth-order valence-corrected chi connectivity index (χ4v) is 2.25. The van der Waals surface area contributed by atoms with Gasteiger partial charge in [0.25, 0.3) is 0 Å². The summed E-state index contributed by atoms with van der Waals surface area (Å²) in [4.78, 5) is 0. The molecule has 3 N–H and O–H groups in total. The molecular formula is C14H11BrF4N2. The SMILES string of the molecule is Cc1cc(Nc2ccc(Br)c(C(F)(F)F)c2)c(N)cc1F. The second-order valence-electron chi connectivity index (χ2n) is 4.51. The summed E-state index contributed by atoms with van der Waals surface area (Å²) in [7, 11) is 0. The Morgan fingerprint density at radius 3 is 2.43 bits per heavy atom. The zero-order chi connectivity index (χ0) is 15.8. The van der Waals surface area contributed by atoms with E-state index in [1.54, 1.807) is 6.92 Å². The standard InChI is InChI=1S/C14H11BrF4N2/c1-7-4-13(12(20)6-11(7)16)21-8-2-3-10(15)9(5-8)14(17,18)19/h2-6,21H,20H2,1H3. The summed E-state index contributed by atoms with van der Waals surface area (Å²) in [5.41, 5.74) is 5.89. The van der Waals surface area contributed by atoms with Crippen LogP contribution >= 0.6 is 15.9 Å². The van der Waals surface area contributed by atoms with E-state index < -0.39 is 17.6 Å². The molecule has 0 aliphatic carbocycles. The summed E-state index contributed by atoms with van der Waals surface area (Å²) in [6, 6.07) is 6.29. The largest absolute Gasteiger partial charge is 0.417 e. The van der Waals surface area contributed by atoms with E-state index in [1.165, 1.54) is 18.2 Å². The quantitative estimate of drug-likeness (QED) is 0.566. The molecule has 2 aromatic rings. The van der Waals surface area contributed by atoms with Crippen LogP contribution < -0.4 is 11.1 Å². The highest BCUT2D eigenvalue weighted by Gasteiger charge is 2.33. The molecule has 0 aromatic heterocycles. The number of nitrogens with two attached hydrogens (primary N) is 1. The molecule has 21 heavy (non-hydrogen) atoms. The van der Waals surface area contributed by atoms with Crippen molar-refractivity contribution in [2.75, 3.05) is 11.1 Å². The average Bonchev–Trinajstić information content (AvgIpc) is 2.37. The zero-order valence-corrected chi connectivity index (χ0v) is 12.4. The molecule has 2 aromatic carbocycles. The Labute approximate surface area is 127 Å². The van der Waals surface area contributed by atoms with E-state index in [0.717, 1.165) is 12.1 Å². The fraction of sp³-hybridized carbons (Fsp3) is 0.143. The van der Waals surface area contributed by atoms with Crippen molar-refractivity contribution in [1.29, 1.82) is 0 Å². The lowest BCUT2D eigenvalue weighted by Crippen LogP contribution is -2.07. The molecule has 0 amide bonds. The van der Waals surface area contributed by atoms with Gasteiger partial charge in [-0.2, -0.15) is 13.2 Å². The number of nitrogens with one attached hydrogen (secondary N) is 1. The molecule has 0 saturated carbocycles. The Kier molecular flexibility index (Phi) is 4.13. The highest BCUT2D eigenvalue weighted by Crippen LogP contribution is 2.37. The Balaban J connectivity index is 2.39. The van der Waals surface area contributed by atoms with Crippen molar-refractivity contribution in [3.8, 4) is 0 Å². The van der Waals surface area contributed by atoms with Crippen LogP contribution in [-0.2, 0) is 6.18 Å². The number of benzene rings is 2. The maximum Gasteiger partial charge on any atom is 0.417 e. The predicted octanol–water partition coefficient (Wildman–Crippen LogP) is 5.24. The monoisotopic (exact) mass is 362 g/mol. The fourth-order valence-electron chi connectivity index (χ4n) is 1.78. The molecule has 0 bridgehead atoms. The third-order valence-electron chi connectivity index (χ3n) is 2.88. The van der Waals surface area contributed by atoms with Gasteiger partial charge in [-0.25, -0.2) is 4.39 Å². The summed E-state index contributed by atoms with van der Waals surface area (Å²) < 4.78 is 51.8. The first-order chi connectivity index (χ1) is 9.68. The minimum absolute atomic E-state index is 0.0520. The van der Waals surface area contributed by atoms with Crippen molar-refractivity contribution in [1.82, 2.24) is 0 Å². The summed E-state index contributed by atoms with van der Waals surface area (Å²) in [5, 5.41) is 2.77. The van der Waals surface area contributed by atoms with Gasteiger partial charge in [0.1, 0.15) is 5.82 Å². The first kappa shape index (κ1) is 15.6. The van der Waals surface area contributed by atoms with Crippen molar-refractivity contribution < 1.29 is 17.6 Å². The molecule has 0 unspecified atom stereocenters. The van der Waals surface area contributed by atoms with Gasteiger partial charge < -0.3 is 11.1 Å². The van der Waals surface area contributed by atoms with Gasteiger partial charge in [-0.3, -0.25) is 0 Å². The van der Waals surface area contributed by atoms with Crippen LogP contribution in [0.4, 0.5) is 34.6 Å². The van der Waals surface area contributed by atoms with Gasteiger partial charge in [0, 0.05) is 10.2 Å². The van der Waals surface area contributed by atoms with Crippen LogP contribution in [0.1, 0.15) is 11.1 Å². The molecule has 7 heteroatoms. The van der Waals surface area contributed by atoms with Crippen LogP contribution in [0, 0.1) is 12.7 Å². The number of alkyl halides is 3. The highest BCUT2D eigenvalue weighted by molar-refractivity contribution is 9.10. The number of hydrogen-bond acceptors (Lipinski definition) is 2. The summed E-state index contributed by atoms with van der Waals surface area (Å²) in [5.74, 6) is -0.468. The Morgan fingerprint density at radius 1 is 1.14 bits per heavy atom. The average molecular weight is 363 g/mol. The van der Waals surface area contributed by atoms with Crippen molar-refractivity contribution in [2.24, 2.45) is 0 Å². The molecule has 0 aliphatic heterocycles. The molecule has 0 atom stereocenters. The van der Waals surface area contributed by atoms with E-state index in [-0.39, 0.29) is 15.8 Å². The molecule has 2 nitrogen and oxygen atoms in total. The van der Waals surface area contributed by atoms with E-state index in [9.17, 15) is 17.6 Å². The number of nitrogen functional groups attached to an aromatic ring is 1. The topological polar surface area (TPSA) is 38.0 Å². The van der Waals surface area contributed by atoms with Crippen LogP contribution in [0.25, 0.3) is 0 Å². The normalized spacial score (nSPS) is 11.5. The number of halogens is 5. The van der Waals surface area contributed by atoms with Crippen molar-refractivity contribution >= 4 is 33.0 Å². The minimum atomic E-state index is -4.47. The van der Waals surface area contributed by atoms with Gasteiger partial charge in [0.05, 0.1) is 16.9 Å². The number of aryl methyl sites for hydroxylation is 1. The third kappa shape index (κ3) is 3.47. The van der Waals surface area contributed by atoms with E-state index in [1.807, 2.05) is 0 Å². The van der Waals surface area contributed by atoms with Gasteiger partial charge in [-0.15, -0.1) is 0 Å². The van der Waals surface area contributed by atoms with Crippen molar-refractivity contribution in [3.63, 3.8) is 0 Å². The van der Waals surface area contributed by atoms with Gasteiger partial charge in [0.2, 0.25) is 0 Å². The lowest BCUT2D eigenvalue weighted by atomic mass is 10.1. The summed E-state index contributed by atoms with van der Waals surface area (Å²) in [6.07, 6.45) is -4.47. The summed E-state index contributed by atoms with van der Waals surface area (Å²) in [6.45, 7) is 1.54. The molecule has 0 radical (unpaired) electrons. The number of rotatable bonds is 2. The van der Waals surface area contributed by atoms with Crippen LogP contribution in [-0.4, -0.2) is 0 Å². The smallest absolute Gasteiger partial charge is 0.397 e. The second kappa shape index (κ2) is 5.55. The molecule has 0 saturated heterocycles. The Hall–Kier alpha value is -1.76. The first-order valence-corrected chi connectivity index (χ1v) is 6.67. The van der Waals surface area contributed by atoms with Gasteiger partial charge in [0.15, 0.2) is 0 Å². The number of hydrogen-bond donors (Lipinski definition) is 2. The maximum atomic E-state index is 13.3. The summed E-state index contributed by atoms with van der Waals surface area (Å²) >= 11 is 2.87. The van der Waals surface area contributed by atoms with Crippen LogP contribution in [0.15, 0.2) is 34.8 Å². The van der Waals surface area contributed by atoms with Crippen LogP contribution in [0.5, 0.6) is 0 Å². The minimum Gasteiger partial charge on any atom is -0.397 e. The van der Waals surface area contributed by atoms with Crippen LogP contribution in [0.2, 0.25) is 0 Å². The van der Waals surface area contributed by atoms with E-state index >= 15 is 0 Å². The first-order valence-electron chi connectivity index (χ1n) is 5.88. The third-order valence-corrected chi connectivity index (χ3v) is 3.57.